The Balaban J connectivity index is 2.64. The van der Waals surface area contributed by atoms with E-state index in [0.29, 0.717) is 19.4 Å². The lowest BCUT2D eigenvalue weighted by Crippen LogP contribution is -2.46. The van der Waals surface area contributed by atoms with Crippen LogP contribution in [0.25, 0.3) is 0 Å². The van der Waals surface area contributed by atoms with Crippen molar-refractivity contribution in [2.45, 2.75) is 32.6 Å². The first-order valence-electron chi connectivity index (χ1n) is 5.00. The van der Waals surface area contributed by atoms with Gasteiger partial charge >= 0.3 is 0 Å². The van der Waals surface area contributed by atoms with Gasteiger partial charge in [-0.1, -0.05) is 0 Å². The van der Waals surface area contributed by atoms with Gasteiger partial charge in [0.15, 0.2) is 5.78 Å². The monoisotopic (exact) mass is 219 g/mol. The third kappa shape index (κ3) is 2.97. The first-order valence-corrected chi connectivity index (χ1v) is 5.00. The topological polar surface area (TPSA) is 37.4 Å². The molecule has 1 amide bonds. The number of ketones is 1. The molecule has 0 aromatic carbocycles. The molecule has 1 aliphatic rings. The summed E-state index contributed by atoms with van der Waals surface area (Å²) >= 11 is 0. The molecule has 1 rings (SSSR count). The van der Waals surface area contributed by atoms with Gasteiger partial charge in [0.05, 0.1) is 12.5 Å². The summed E-state index contributed by atoms with van der Waals surface area (Å²) in [5.74, 6) is -5.07. The van der Waals surface area contributed by atoms with Crippen molar-refractivity contribution in [1.82, 2.24) is 4.90 Å². The lowest BCUT2D eigenvalue weighted by Gasteiger charge is -2.30. The van der Waals surface area contributed by atoms with Gasteiger partial charge in [0.25, 0.3) is 5.92 Å². The number of hydrogen-bond donors (Lipinski definition) is 0. The Morgan fingerprint density at radius 3 is 2.60 bits per heavy atom. The molecule has 1 unspecified atom stereocenters. The minimum Gasteiger partial charge on any atom is -0.335 e. The molecule has 0 radical (unpaired) electrons. The molecule has 3 nitrogen and oxygen atoms in total. The molecule has 1 heterocycles. The molecule has 0 saturated carbocycles. The van der Waals surface area contributed by atoms with Gasteiger partial charge in [0, 0.05) is 19.9 Å². The van der Waals surface area contributed by atoms with Crippen LogP contribution < -0.4 is 0 Å². The van der Waals surface area contributed by atoms with Gasteiger partial charge in [-0.3, -0.25) is 9.59 Å². The zero-order valence-corrected chi connectivity index (χ0v) is 8.93. The predicted molar refractivity (Wildman–Crippen MR) is 50.6 cm³/mol. The molecule has 5 heteroatoms. The first kappa shape index (κ1) is 12.1. The Labute approximate surface area is 87.4 Å². The molecular formula is C10H15F2NO2. The fourth-order valence-corrected chi connectivity index (χ4v) is 1.52. The van der Waals surface area contributed by atoms with Crippen molar-refractivity contribution in [2.75, 3.05) is 13.1 Å². The second kappa shape index (κ2) is 4.24. The van der Waals surface area contributed by atoms with Crippen LogP contribution in [0.15, 0.2) is 0 Å². The Morgan fingerprint density at radius 2 is 2.13 bits per heavy atom. The fourth-order valence-electron chi connectivity index (χ4n) is 1.52. The van der Waals surface area contributed by atoms with E-state index in [1.54, 1.807) is 0 Å². The van der Waals surface area contributed by atoms with E-state index in [4.69, 9.17) is 0 Å². The van der Waals surface area contributed by atoms with Crippen LogP contribution in [0, 0.1) is 5.92 Å². The summed E-state index contributed by atoms with van der Waals surface area (Å²) in [7, 11) is 0. The van der Waals surface area contributed by atoms with Gasteiger partial charge in [0.1, 0.15) is 0 Å². The number of likely N-dealkylation sites (tertiary alicyclic amines) is 1. The third-order valence-corrected chi connectivity index (χ3v) is 2.69. The lowest BCUT2D eigenvalue weighted by atomic mass is 10.0. The summed E-state index contributed by atoms with van der Waals surface area (Å²) in [5, 5.41) is 0. The van der Waals surface area contributed by atoms with Crippen LogP contribution in [0.1, 0.15) is 26.7 Å². The van der Waals surface area contributed by atoms with Gasteiger partial charge in [-0.25, -0.2) is 8.78 Å². The number of nitrogens with zero attached hydrogens (tertiary/aromatic N) is 1. The van der Waals surface area contributed by atoms with E-state index < -0.39 is 17.7 Å². The predicted octanol–water partition coefficient (Wildman–Crippen LogP) is 1.47. The third-order valence-electron chi connectivity index (χ3n) is 2.69. The SMILES string of the molecule is CC(C(=O)N1CCCC(=O)C1)C(C)(F)F. The van der Waals surface area contributed by atoms with Crippen molar-refractivity contribution >= 4 is 11.7 Å². The molecule has 15 heavy (non-hydrogen) atoms. The Kier molecular flexibility index (Phi) is 3.42. The zero-order valence-electron chi connectivity index (χ0n) is 8.93. The van der Waals surface area contributed by atoms with E-state index in [1.807, 2.05) is 0 Å². The van der Waals surface area contributed by atoms with Crippen LogP contribution >= 0.6 is 0 Å². The molecule has 0 N–H and O–H groups in total. The summed E-state index contributed by atoms with van der Waals surface area (Å²) in [5.41, 5.74) is 0. The highest BCUT2D eigenvalue weighted by molar-refractivity contribution is 5.88. The summed E-state index contributed by atoms with van der Waals surface area (Å²) in [6, 6.07) is 0. The normalized spacial score (nSPS) is 20.3. The van der Waals surface area contributed by atoms with Crippen molar-refractivity contribution in [1.29, 1.82) is 0 Å². The average Bonchev–Trinajstić information content (AvgIpc) is 2.14. The van der Waals surface area contributed by atoms with Gasteiger partial charge in [-0.2, -0.15) is 0 Å². The minimum atomic E-state index is -3.03. The number of rotatable bonds is 2. The second-order valence-electron chi connectivity index (χ2n) is 4.08. The number of Topliss-reactive ketones (excluding diaryl/α,β-unsaturated/α-hetero) is 1. The summed E-state index contributed by atoms with van der Waals surface area (Å²) in [6.45, 7) is 2.31. The molecule has 1 saturated heterocycles. The number of carbonyl (C=O) groups excluding carboxylic acids is 2. The van der Waals surface area contributed by atoms with Gasteiger partial charge in [-0.05, 0) is 13.3 Å². The molecular weight excluding hydrogens is 204 g/mol. The smallest absolute Gasteiger partial charge is 0.256 e. The van der Waals surface area contributed by atoms with Crippen molar-refractivity contribution in [3.8, 4) is 0 Å². The van der Waals surface area contributed by atoms with E-state index in [-0.39, 0.29) is 12.3 Å². The van der Waals surface area contributed by atoms with Gasteiger partial charge < -0.3 is 4.90 Å². The number of halogens is 2. The quantitative estimate of drug-likeness (QED) is 0.705. The Morgan fingerprint density at radius 1 is 1.53 bits per heavy atom. The van der Waals surface area contributed by atoms with Gasteiger partial charge in [-0.15, -0.1) is 0 Å². The van der Waals surface area contributed by atoms with E-state index in [9.17, 15) is 18.4 Å². The second-order valence-corrected chi connectivity index (χ2v) is 4.08. The number of hydrogen-bond acceptors (Lipinski definition) is 2. The van der Waals surface area contributed by atoms with E-state index in [2.05, 4.69) is 0 Å². The lowest BCUT2D eigenvalue weighted by molar-refractivity contribution is -0.150. The molecule has 1 atom stereocenters. The van der Waals surface area contributed by atoms with Crippen LogP contribution in [0.4, 0.5) is 8.78 Å². The highest BCUT2D eigenvalue weighted by atomic mass is 19.3. The van der Waals surface area contributed by atoms with Crippen LogP contribution in [-0.2, 0) is 9.59 Å². The molecule has 1 fully saturated rings. The van der Waals surface area contributed by atoms with Crippen molar-refractivity contribution in [3.63, 3.8) is 0 Å². The van der Waals surface area contributed by atoms with E-state index in [1.165, 1.54) is 11.8 Å². The molecule has 0 spiro atoms. The van der Waals surface area contributed by atoms with Crippen molar-refractivity contribution in [3.05, 3.63) is 0 Å². The largest absolute Gasteiger partial charge is 0.335 e. The highest BCUT2D eigenvalue weighted by Gasteiger charge is 2.39. The Hall–Kier alpha value is -1.00. The number of amides is 1. The van der Waals surface area contributed by atoms with Crippen LogP contribution in [0.2, 0.25) is 0 Å². The molecule has 0 aromatic rings. The number of alkyl halides is 2. The fraction of sp³-hybridized carbons (Fsp3) is 0.800. The maximum Gasteiger partial charge on any atom is 0.256 e. The summed E-state index contributed by atoms with van der Waals surface area (Å²) in [6.07, 6.45) is 1.02. The summed E-state index contributed by atoms with van der Waals surface area (Å²) in [4.78, 5) is 23.9. The number of piperidine rings is 1. The van der Waals surface area contributed by atoms with Crippen molar-refractivity contribution in [2.24, 2.45) is 5.92 Å². The van der Waals surface area contributed by atoms with E-state index in [0.717, 1.165) is 6.92 Å². The molecule has 1 aliphatic heterocycles. The molecule has 0 aliphatic carbocycles. The van der Waals surface area contributed by atoms with E-state index >= 15 is 0 Å². The number of carbonyl (C=O) groups is 2. The molecule has 0 aromatic heterocycles. The minimum absolute atomic E-state index is 0.0146. The Bertz CT molecular complexity index is 273. The molecule has 0 bridgehead atoms. The van der Waals surface area contributed by atoms with Gasteiger partial charge in [0.2, 0.25) is 5.91 Å². The molecule has 86 valence electrons. The first-order chi connectivity index (χ1) is 6.82. The maximum absolute atomic E-state index is 12.9. The zero-order chi connectivity index (χ0) is 11.6. The van der Waals surface area contributed by atoms with Crippen LogP contribution in [-0.4, -0.2) is 35.6 Å². The average molecular weight is 219 g/mol. The maximum atomic E-state index is 12.9. The summed E-state index contributed by atoms with van der Waals surface area (Å²) < 4.78 is 25.8. The highest BCUT2D eigenvalue weighted by Crippen LogP contribution is 2.25. The standard InChI is InChI=1S/C10H15F2NO2/c1-7(10(2,11)12)9(15)13-5-3-4-8(14)6-13/h7H,3-6H2,1-2H3. The van der Waals surface area contributed by atoms with Crippen LogP contribution in [0.3, 0.4) is 0 Å². The van der Waals surface area contributed by atoms with Crippen molar-refractivity contribution < 1.29 is 18.4 Å². The van der Waals surface area contributed by atoms with Crippen LogP contribution in [0.5, 0.6) is 0 Å².